The first-order valence-electron chi connectivity index (χ1n) is 14.6. The van der Waals surface area contributed by atoms with E-state index in [1.807, 2.05) is 37.3 Å². The number of anilines is 1. The minimum Gasteiger partial charge on any atom is -0.477 e. The minimum atomic E-state index is -3.90. The maximum absolute atomic E-state index is 13.8. The standard InChI is InChI=1S/C30H33N9O4S/c1-3-7-25-26-27(36-39(25)20-21-8-5-6-11-32-21)29(40)35-28(34-26)24-18-23(19-33-30(24)43-4-2)44(41,42)38-16-14-37(15-17-38)22-9-12-31-13-10-22/h5-6,8-13,18-19H,3-4,7,14-17,20H2,1-2H3,(H,34,35,40). The first kappa shape index (κ1) is 29.4. The highest BCUT2D eigenvalue weighted by Gasteiger charge is 2.30. The van der Waals surface area contributed by atoms with Gasteiger partial charge in [-0.25, -0.2) is 18.4 Å². The third-order valence-corrected chi connectivity index (χ3v) is 9.36. The van der Waals surface area contributed by atoms with E-state index in [-0.39, 0.29) is 27.7 Å². The Morgan fingerprint density at radius 2 is 1.77 bits per heavy atom. The molecule has 0 spiro atoms. The molecule has 0 unspecified atom stereocenters. The van der Waals surface area contributed by atoms with Crippen LogP contribution < -0.4 is 15.2 Å². The van der Waals surface area contributed by atoms with Crippen LogP contribution in [0.25, 0.3) is 22.4 Å². The van der Waals surface area contributed by atoms with Gasteiger partial charge in [-0.1, -0.05) is 19.4 Å². The second-order valence-corrected chi connectivity index (χ2v) is 12.3. The molecule has 0 amide bonds. The van der Waals surface area contributed by atoms with Gasteiger partial charge in [-0.3, -0.25) is 19.4 Å². The Kier molecular flexibility index (Phi) is 8.35. The summed E-state index contributed by atoms with van der Waals surface area (Å²) in [4.78, 5) is 35.9. The third kappa shape index (κ3) is 5.77. The molecule has 13 nitrogen and oxygen atoms in total. The lowest BCUT2D eigenvalue weighted by Crippen LogP contribution is -2.48. The van der Waals surface area contributed by atoms with Crippen LogP contribution in [0.1, 0.15) is 31.7 Å². The minimum absolute atomic E-state index is 0.00399. The molecular formula is C30H33N9O4S. The Morgan fingerprint density at radius 1 is 0.977 bits per heavy atom. The van der Waals surface area contributed by atoms with Gasteiger partial charge in [-0.05, 0) is 43.7 Å². The molecule has 14 heteroatoms. The van der Waals surface area contributed by atoms with Gasteiger partial charge in [0.2, 0.25) is 15.9 Å². The highest BCUT2D eigenvalue weighted by molar-refractivity contribution is 7.89. The number of ether oxygens (including phenoxy) is 1. The lowest BCUT2D eigenvalue weighted by atomic mass is 10.2. The number of pyridine rings is 3. The molecular weight excluding hydrogens is 582 g/mol. The van der Waals surface area contributed by atoms with Crippen molar-refractivity contribution in [1.82, 2.24) is 39.0 Å². The van der Waals surface area contributed by atoms with Crippen LogP contribution in [0.15, 0.2) is 70.9 Å². The van der Waals surface area contributed by atoms with E-state index in [1.165, 1.54) is 16.6 Å². The van der Waals surface area contributed by atoms with E-state index in [4.69, 9.17) is 9.72 Å². The number of rotatable bonds is 10. The molecule has 0 bridgehead atoms. The quantitative estimate of drug-likeness (QED) is 0.248. The van der Waals surface area contributed by atoms with E-state index in [0.29, 0.717) is 51.3 Å². The number of hydrogen-bond donors (Lipinski definition) is 1. The number of hydrogen-bond acceptors (Lipinski definition) is 10. The van der Waals surface area contributed by atoms with Gasteiger partial charge >= 0.3 is 0 Å². The van der Waals surface area contributed by atoms with Crippen molar-refractivity contribution in [3.8, 4) is 17.3 Å². The number of sulfonamides is 1. The summed E-state index contributed by atoms with van der Waals surface area (Å²) in [7, 11) is -3.90. The van der Waals surface area contributed by atoms with Crippen LogP contribution in [0.4, 0.5) is 5.69 Å². The van der Waals surface area contributed by atoms with Crippen LogP contribution in [-0.2, 0) is 23.0 Å². The maximum atomic E-state index is 13.8. The van der Waals surface area contributed by atoms with E-state index in [9.17, 15) is 13.2 Å². The molecule has 0 atom stereocenters. The number of H-pyrrole nitrogens is 1. The van der Waals surface area contributed by atoms with Gasteiger partial charge in [0.25, 0.3) is 5.56 Å². The lowest BCUT2D eigenvalue weighted by Gasteiger charge is -2.35. The van der Waals surface area contributed by atoms with E-state index in [0.717, 1.165) is 23.5 Å². The molecule has 0 radical (unpaired) electrons. The van der Waals surface area contributed by atoms with Crippen LogP contribution in [-0.4, -0.2) is 80.2 Å². The lowest BCUT2D eigenvalue weighted by molar-refractivity contribution is 0.327. The Hall–Kier alpha value is -4.69. The van der Waals surface area contributed by atoms with Crippen molar-refractivity contribution in [1.29, 1.82) is 0 Å². The fraction of sp³-hybridized carbons (Fsp3) is 0.333. The molecule has 6 heterocycles. The van der Waals surface area contributed by atoms with Gasteiger partial charge in [-0.15, -0.1) is 0 Å². The number of aromatic amines is 1. The summed E-state index contributed by atoms with van der Waals surface area (Å²) in [6.45, 7) is 6.21. The van der Waals surface area contributed by atoms with Crippen molar-refractivity contribution in [3.63, 3.8) is 0 Å². The van der Waals surface area contributed by atoms with Crippen molar-refractivity contribution in [3.05, 3.63) is 82.9 Å². The summed E-state index contributed by atoms with van der Waals surface area (Å²) in [5, 5.41) is 4.58. The summed E-state index contributed by atoms with van der Waals surface area (Å²) in [6, 6.07) is 10.9. The molecule has 6 rings (SSSR count). The van der Waals surface area contributed by atoms with Crippen molar-refractivity contribution in [2.24, 2.45) is 0 Å². The Labute approximate surface area is 254 Å². The van der Waals surface area contributed by atoms with Crippen LogP contribution in [0, 0.1) is 0 Å². The zero-order valence-corrected chi connectivity index (χ0v) is 25.4. The fourth-order valence-corrected chi connectivity index (χ4v) is 6.73. The zero-order valence-electron chi connectivity index (χ0n) is 24.5. The predicted molar refractivity (Wildman–Crippen MR) is 165 cm³/mol. The maximum Gasteiger partial charge on any atom is 0.279 e. The highest BCUT2D eigenvalue weighted by Crippen LogP contribution is 2.31. The fourth-order valence-electron chi connectivity index (χ4n) is 5.34. The monoisotopic (exact) mass is 615 g/mol. The number of nitrogens with zero attached hydrogens (tertiary/aromatic N) is 8. The van der Waals surface area contributed by atoms with E-state index < -0.39 is 15.6 Å². The molecule has 0 aromatic carbocycles. The van der Waals surface area contributed by atoms with Crippen molar-refractivity contribution in [2.45, 2.75) is 38.1 Å². The number of fused-ring (bicyclic) bond motifs is 1. The number of nitrogens with one attached hydrogen (secondary N) is 1. The van der Waals surface area contributed by atoms with Crippen LogP contribution >= 0.6 is 0 Å². The first-order valence-corrected chi connectivity index (χ1v) is 16.0. The molecule has 1 fully saturated rings. The first-order chi connectivity index (χ1) is 21.4. The molecule has 5 aromatic rings. The highest BCUT2D eigenvalue weighted by atomic mass is 32.2. The van der Waals surface area contributed by atoms with Crippen LogP contribution in [0.2, 0.25) is 0 Å². The third-order valence-electron chi connectivity index (χ3n) is 7.49. The molecule has 5 aromatic heterocycles. The number of piperazine rings is 1. The summed E-state index contributed by atoms with van der Waals surface area (Å²) in [5.74, 6) is 0.335. The Balaban J connectivity index is 1.36. The van der Waals surface area contributed by atoms with Crippen molar-refractivity contribution < 1.29 is 13.2 Å². The molecule has 1 aliphatic rings. The van der Waals surface area contributed by atoms with Gasteiger partial charge in [0.05, 0.1) is 36.3 Å². The summed E-state index contributed by atoms with van der Waals surface area (Å²) < 4.78 is 36.5. The van der Waals surface area contributed by atoms with Crippen LogP contribution in [0.5, 0.6) is 5.88 Å². The summed E-state index contributed by atoms with van der Waals surface area (Å²) in [5.41, 5.74) is 3.09. The molecule has 44 heavy (non-hydrogen) atoms. The predicted octanol–water partition coefficient (Wildman–Crippen LogP) is 2.88. The average molecular weight is 616 g/mol. The van der Waals surface area contributed by atoms with Gasteiger partial charge in [-0.2, -0.15) is 9.40 Å². The molecule has 1 saturated heterocycles. The molecule has 0 aliphatic carbocycles. The zero-order chi connectivity index (χ0) is 30.7. The van der Waals surface area contributed by atoms with Gasteiger partial charge < -0.3 is 14.6 Å². The van der Waals surface area contributed by atoms with E-state index in [2.05, 4.69) is 29.9 Å². The smallest absolute Gasteiger partial charge is 0.279 e. The number of aromatic nitrogens is 7. The van der Waals surface area contributed by atoms with Crippen molar-refractivity contribution in [2.75, 3.05) is 37.7 Å². The van der Waals surface area contributed by atoms with Crippen LogP contribution in [0.3, 0.4) is 0 Å². The Bertz CT molecular complexity index is 1920. The SMILES string of the molecule is CCCc1c2nc(-c3cc(S(=O)(=O)N4CCN(c5ccncc5)CC4)cnc3OCC)[nH]c(=O)c2nn1Cc1ccccn1. The van der Waals surface area contributed by atoms with Crippen molar-refractivity contribution >= 4 is 26.7 Å². The molecule has 1 aliphatic heterocycles. The molecule has 228 valence electrons. The normalized spacial score (nSPS) is 14.3. The summed E-state index contributed by atoms with van der Waals surface area (Å²) in [6.07, 6.45) is 7.89. The van der Waals surface area contributed by atoms with E-state index in [1.54, 1.807) is 30.2 Å². The summed E-state index contributed by atoms with van der Waals surface area (Å²) >= 11 is 0. The van der Waals surface area contributed by atoms with E-state index >= 15 is 0 Å². The second-order valence-electron chi connectivity index (χ2n) is 10.3. The van der Waals surface area contributed by atoms with Gasteiger partial charge in [0.15, 0.2) is 5.52 Å². The second kappa shape index (κ2) is 12.5. The molecule has 1 N–H and O–H groups in total. The average Bonchev–Trinajstić information content (AvgIpc) is 3.39. The largest absolute Gasteiger partial charge is 0.477 e. The number of aryl methyl sites for hydroxylation is 1. The molecule has 0 saturated carbocycles. The topological polar surface area (TPSA) is 152 Å². The van der Waals surface area contributed by atoms with Gasteiger partial charge in [0.1, 0.15) is 16.2 Å². The Morgan fingerprint density at radius 3 is 2.48 bits per heavy atom. The van der Waals surface area contributed by atoms with Gasteiger partial charge in [0, 0.05) is 50.5 Å².